The fraction of sp³-hybridized carbons (Fsp3) is 0.600. The highest BCUT2D eigenvalue weighted by Gasteiger charge is 2.26. The standard InChI is InChI=1S/C15H27N3O2S/c1-10-8-11(2)14(12(3)13(10)16)21(19,20)17-9-15(4,5)18(6)7/h8,17H,9,16H2,1-7H3. The van der Waals surface area contributed by atoms with Crippen LogP contribution in [-0.4, -0.2) is 39.5 Å². The summed E-state index contributed by atoms with van der Waals surface area (Å²) >= 11 is 0. The van der Waals surface area contributed by atoms with Gasteiger partial charge in [-0.15, -0.1) is 0 Å². The summed E-state index contributed by atoms with van der Waals surface area (Å²) in [4.78, 5) is 2.28. The van der Waals surface area contributed by atoms with Crippen molar-refractivity contribution in [1.82, 2.24) is 9.62 Å². The van der Waals surface area contributed by atoms with Gasteiger partial charge in [0.2, 0.25) is 10.0 Å². The highest BCUT2D eigenvalue weighted by molar-refractivity contribution is 7.89. The second-order valence-electron chi connectivity index (χ2n) is 6.41. The van der Waals surface area contributed by atoms with Gasteiger partial charge in [-0.1, -0.05) is 6.07 Å². The Balaban J connectivity index is 3.19. The summed E-state index contributed by atoms with van der Waals surface area (Å²) in [5, 5.41) is 0. The Morgan fingerprint density at radius 2 is 1.71 bits per heavy atom. The average molecular weight is 313 g/mol. The lowest BCUT2D eigenvalue weighted by Gasteiger charge is -2.32. The van der Waals surface area contributed by atoms with E-state index in [0.29, 0.717) is 28.3 Å². The van der Waals surface area contributed by atoms with Crippen LogP contribution in [0.25, 0.3) is 0 Å². The Hall–Kier alpha value is -1.11. The molecule has 3 N–H and O–H groups in total. The number of hydrogen-bond acceptors (Lipinski definition) is 4. The van der Waals surface area contributed by atoms with E-state index in [1.165, 1.54) is 0 Å². The number of benzene rings is 1. The number of nitrogens with two attached hydrogens (primary N) is 1. The monoisotopic (exact) mass is 313 g/mol. The van der Waals surface area contributed by atoms with Crippen LogP contribution in [0.3, 0.4) is 0 Å². The molecule has 0 unspecified atom stereocenters. The van der Waals surface area contributed by atoms with E-state index in [4.69, 9.17) is 5.73 Å². The van der Waals surface area contributed by atoms with Gasteiger partial charge in [0.05, 0.1) is 4.90 Å². The number of sulfonamides is 1. The van der Waals surface area contributed by atoms with E-state index in [9.17, 15) is 8.42 Å². The number of likely N-dealkylation sites (N-methyl/N-ethyl adjacent to an activating group) is 1. The van der Waals surface area contributed by atoms with Crippen LogP contribution in [0.2, 0.25) is 0 Å². The zero-order valence-corrected chi connectivity index (χ0v) is 14.9. The van der Waals surface area contributed by atoms with E-state index >= 15 is 0 Å². The van der Waals surface area contributed by atoms with Crippen LogP contribution in [0.4, 0.5) is 5.69 Å². The molecule has 0 aliphatic heterocycles. The third-order valence-electron chi connectivity index (χ3n) is 4.13. The Labute approximate surface area is 128 Å². The van der Waals surface area contributed by atoms with E-state index in [-0.39, 0.29) is 5.54 Å². The van der Waals surface area contributed by atoms with E-state index < -0.39 is 10.0 Å². The summed E-state index contributed by atoms with van der Waals surface area (Å²) in [6.45, 7) is 9.73. The van der Waals surface area contributed by atoms with E-state index in [1.54, 1.807) is 13.8 Å². The molecule has 0 aliphatic rings. The van der Waals surface area contributed by atoms with Gasteiger partial charge >= 0.3 is 0 Å². The van der Waals surface area contributed by atoms with Gasteiger partial charge < -0.3 is 10.6 Å². The molecule has 1 aromatic rings. The van der Waals surface area contributed by atoms with Crippen molar-refractivity contribution in [3.05, 3.63) is 22.8 Å². The topological polar surface area (TPSA) is 75.4 Å². The molecule has 0 heterocycles. The maximum Gasteiger partial charge on any atom is 0.241 e. The molecule has 0 aliphatic carbocycles. The summed E-state index contributed by atoms with van der Waals surface area (Å²) < 4.78 is 27.9. The maximum absolute atomic E-state index is 12.6. The predicted molar refractivity (Wildman–Crippen MR) is 88.0 cm³/mol. The van der Waals surface area contributed by atoms with Crippen molar-refractivity contribution >= 4 is 15.7 Å². The third-order valence-corrected chi connectivity index (χ3v) is 5.82. The van der Waals surface area contributed by atoms with Gasteiger partial charge in [-0.25, -0.2) is 13.1 Å². The molecule has 0 amide bonds. The van der Waals surface area contributed by atoms with Gasteiger partial charge in [0.25, 0.3) is 0 Å². The fourth-order valence-corrected chi connectivity index (χ4v) is 3.78. The van der Waals surface area contributed by atoms with Crippen molar-refractivity contribution in [2.45, 2.75) is 45.1 Å². The lowest BCUT2D eigenvalue weighted by molar-refractivity contribution is 0.199. The maximum atomic E-state index is 12.6. The fourth-order valence-electron chi connectivity index (χ4n) is 2.10. The van der Waals surface area contributed by atoms with Crippen LogP contribution in [-0.2, 0) is 10.0 Å². The lowest BCUT2D eigenvalue weighted by Crippen LogP contribution is -2.48. The number of nitrogens with zero attached hydrogens (tertiary/aromatic N) is 1. The molecule has 0 spiro atoms. The first kappa shape index (κ1) is 17.9. The Kier molecular flexibility index (Phi) is 5.08. The molecule has 21 heavy (non-hydrogen) atoms. The number of anilines is 1. The quantitative estimate of drug-likeness (QED) is 0.813. The highest BCUT2D eigenvalue weighted by Crippen LogP contribution is 2.28. The van der Waals surface area contributed by atoms with Crippen molar-refractivity contribution in [3.63, 3.8) is 0 Å². The molecular weight excluding hydrogens is 286 g/mol. The van der Waals surface area contributed by atoms with E-state index in [2.05, 4.69) is 4.72 Å². The van der Waals surface area contributed by atoms with Gasteiger partial charge in [0.15, 0.2) is 0 Å². The second kappa shape index (κ2) is 5.94. The summed E-state index contributed by atoms with van der Waals surface area (Å²) in [6, 6.07) is 1.81. The van der Waals surface area contributed by atoms with Crippen molar-refractivity contribution in [2.75, 3.05) is 26.4 Å². The molecule has 0 aromatic heterocycles. The Morgan fingerprint density at radius 1 is 1.19 bits per heavy atom. The highest BCUT2D eigenvalue weighted by atomic mass is 32.2. The molecule has 5 nitrogen and oxygen atoms in total. The van der Waals surface area contributed by atoms with Crippen LogP contribution in [0.5, 0.6) is 0 Å². The summed E-state index contributed by atoms with van der Waals surface area (Å²) in [7, 11) is 0.266. The van der Waals surface area contributed by atoms with Gasteiger partial charge in [0, 0.05) is 17.8 Å². The zero-order chi connectivity index (χ0) is 16.6. The van der Waals surface area contributed by atoms with Gasteiger partial charge in [0.1, 0.15) is 0 Å². The first-order valence-electron chi connectivity index (χ1n) is 6.93. The number of nitrogen functional groups attached to an aromatic ring is 1. The smallest absolute Gasteiger partial charge is 0.241 e. The van der Waals surface area contributed by atoms with Crippen LogP contribution in [0, 0.1) is 20.8 Å². The Morgan fingerprint density at radius 3 is 2.19 bits per heavy atom. The molecule has 0 atom stereocenters. The first-order chi connectivity index (χ1) is 9.40. The molecule has 0 fully saturated rings. The number of aryl methyl sites for hydroxylation is 2. The predicted octanol–water partition coefficient (Wildman–Crippen LogP) is 1.81. The van der Waals surface area contributed by atoms with Gasteiger partial charge in [-0.05, 0) is 65.4 Å². The SMILES string of the molecule is Cc1cc(C)c(S(=O)(=O)NCC(C)(C)N(C)C)c(C)c1N. The average Bonchev–Trinajstić information content (AvgIpc) is 2.33. The molecule has 6 heteroatoms. The molecule has 120 valence electrons. The molecule has 0 saturated heterocycles. The first-order valence-corrected chi connectivity index (χ1v) is 8.42. The number of hydrogen-bond donors (Lipinski definition) is 2. The molecule has 1 rings (SSSR count). The van der Waals surface area contributed by atoms with Crippen molar-refractivity contribution < 1.29 is 8.42 Å². The van der Waals surface area contributed by atoms with Crippen molar-refractivity contribution in [3.8, 4) is 0 Å². The minimum atomic E-state index is -3.58. The number of nitrogens with one attached hydrogen (secondary N) is 1. The molecule has 1 aromatic carbocycles. The van der Waals surface area contributed by atoms with Crippen molar-refractivity contribution in [2.24, 2.45) is 0 Å². The molecule has 0 radical (unpaired) electrons. The molecule has 0 bridgehead atoms. The van der Waals surface area contributed by atoms with Crippen LogP contribution < -0.4 is 10.5 Å². The van der Waals surface area contributed by atoms with E-state index in [1.807, 2.05) is 45.8 Å². The summed E-state index contributed by atoms with van der Waals surface area (Å²) in [5.41, 5.74) is 8.47. The third kappa shape index (κ3) is 3.75. The molecule has 0 saturated carbocycles. The lowest BCUT2D eigenvalue weighted by atomic mass is 10.1. The van der Waals surface area contributed by atoms with Crippen LogP contribution >= 0.6 is 0 Å². The number of rotatable bonds is 5. The van der Waals surface area contributed by atoms with Crippen LogP contribution in [0.15, 0.2) is 11.0 Å². The summed E-state index contributed by atoms with van der Waals surface area (Å²) in [5.74, 6) is 0. The minimum Gasteiger partial charge on any atom is -0.398 e. The van der Waals surface area contributed by atoms with Gasteiger partial charge in [-0.2, -0.15) is 0 Å². The van der Waals surface area contributed by atoms with Crippen LogP contribution in [0.1, 0.15) is 30.5 Å². The second-order valence-corrected chi connectivity index (χ2v) is 8.11. The molecular formula is C15H27N3O2S. The van der Waals surface area contributed by atoms with E-state index in [0.717, 1.165) is 5.56 Å². The Bertz CT molecular complexity index is 635. The minimum absolute atomic E-state index is 0.273. The zero-order valence-electron chi connectivity index (χ0n) is 14.0. The summed E-state index contributed by atoms with van der Waals surface area (Å²) in [6.07, 6.45) is 0. The van der Waals surface area contributed by atoms with Crippen molar-refractivity contribution in [1.29, 1.82) is 0 Å². The largest absolute Gasteiger partial charge is 0.398 e. The normalized spacial score (nSPS) is 13.0. The van der Waals surface area contributed by atoms with Gasteiger partial charge in [-0.3, -0.25) is 0 Å².